The van der Waals surface area contributed by atoms with E-state index in [1.807, 2.05) is 6.92 Å². The third-order valence-electron chi connectivity index (χ3n) is 4.46. The van der Waals surface area contributed by atoms with E-state index in [2.05, 4.69) is 20.8 Å². The SMILES string of the molecule is CCOCCCNC(=O)N1CCC[C@H]1c1nnc(C(=O)Nc2cccc(F)c2)s1. The van der Waals surface area contributed by atoms with Gasteiger partial charge >= 0.3 is 6.03 Å². The summed E-state index contributed by atoms with van der Waals surface area (Å²) < 4.78 is 18.5. The summed E-state index contributed by atoms with van der Waals surface area (Å²) in [4.78, 5) is 26.6. The monoisotopic (exact) mass is 421 g/mol. The second-order valence-corrected chi connectivity index (χ2v) is 7.55. The lowest BCUT2D eigenvalue weighted by molar-refractivity contribution is 0.102. The number of benzene rings is 1. The van der Waals surface area contributed by atoms with Crippen LogP contribution in [0.25, 0.3) is 0 Å². The Morgan fingerprint density at radius 1 is 1.38 bits per heavy atom. The summed E-state index contributed by atoms with van der Waals surface area (Å²) in [5.74, 6) is -0.890. The molecule has 2 aromatic rings. The Hall–Kier alpha value is -2.59. The van der Waals surface area contributed by atoms with Gasteiger partial charge in [0.2, 0.25) is 5.01 Å². The highest BCUT2D eigenvalue weighted by Gasteiger charge is 2.33. The van der Waals surface area contributed by atoms with Crippen molar-refractivity contribution in [2.45, 2.75) is 32.2 Å². The number of halogens is 1. The summed E-state index contributed by atoms with van der Waals surface area (Å²) in [6, 6.07) is 5.29. The van der Waals surface area contributed by atoms with Crippen molar-refractivity contribution >= 4 is 29.0 Å². The van der Waals surface area contributed by atoms with Gasteiger partial charge in [0.25, 0.3) is 5.91 Å². The van der Waals surface area contributed by atoms with Crippen molar-refractivity contribution in [3.63, 3.8) is 0 Å². The summed E-state index contributed by atoms with van der Waals surface area (Å²) >= 11 is 1.15. The Morgan fingerprint density at radius 3 is 3.03 bits per heavy atom. The van der Waals surface area contributed by atoms with E-state index in [1.54, 1.807) is 11.0 Å². The zero-order valence-corrected chi connectivity index (χ0v) is 17.0. The number of urea groups is 1. The van der Waals surface area contributed by atoms with Crippen molar-refractivity contribution in [1.82, 2.24) is 20.4 Å². The first kappa shape index (κ1) is 21.1. The summed E-state index contributed by atoms with van der Waals surface area (Å²) in [6.07, 6.45) is 2.38. The molecule has 2 N–H and O–H groups in total. The van der Waals surface area contributed by atoms with Crippen LogP contribution in [0, 0.1) is 5.82 Å². The van der Waals surface area contributed by atoms with Crippen molar-refractivity contribution in [2.24, 2.45) is 0 Å². The van der Waals surface area contributed by atoms with Crippen molar-refractivity contribution in [3.8, 4) is 0 Å². The van der Waals surface area contributed by atoms with Gasteiger partial charge in [0.1, 0.15) is 10.8 Å². The Labute approximate surface area is 172 Å². The topological polar surface area (TPSA) is 96.4 Å². The number of rotatable bonds is 8. The Kier molecular flexibility index (Phi) is 7.48. The molecule has 1 aliphatic rings. The molecule has 1 atom stereocenters. The predicted octanol–water partition coefficient (Wildman–Crippen LogP) is 3.20. The molecule has 10 heteroatoms. The minimum Gasteiger partial charge on any atom is -0.382 e. The highest BCUT2D eigenvalue weighted by Crippen LogP contribution is 2.33. The molecule has 1 aromatic heterocycles. The maximum absolute atomic E-state index is 13.3. The lowest BCUT2D eigenvalue weighted by Gasteiger charge is -2.23. The van der Waals surface area contributed by atoms with Crippen LogP contribution < -0.4 is 10.6 Å². The van der Waals surface area contributed by atoms with E-state index in [-0.39, 0.29) is 17.1 Å². The van der Waals surface area contributed by atoms with Crippen LogP contribution in [0.2, 0.25) is 0 Å². The summed E-state index contributed by atoms with van der Waals surface area (Å²) in [7, 11) is 0. The molecule has 2 heterocycles. The molecular formula is C19H24FN5O3S. The van der Waals surface area contributed by atoms with Crippen molar-refractivity contribution < 1.29 is 18.7 Å². The number of nitrogens with zero attached hydrogens (tertiary/aromatic N) is 3. The van der Waals surface area contributed by atoms with E-state index >= 15 is 0 Å². The van der Waals surface area contributed by atoms with E-state index in [1.165, 1.54) is 18.2 Å². The zero-order chi connectivity index (χ0) is 20.6. The zero-order valence-electron chi connectivity index (χ0n) is 16.2. The number of carbonyl (C=O) groups excluding carboxylic acids is 2. The number of hydrogen-bond acceptors (Lipinski definition) is 6. The highest BCUT2D eigenvalue weighted by molar-refractivity contribution is 7.13. The molecule has 29 heavy (non-hydrogen) atoms. The molecular weight excluding hydrogens is 397 g/mol. The van der Waals surface area contributed by atoms with Crippen LogP contribution in [-0.2, 0) is 4.74 Å². The quantitative estimate of drug-likeness (QED) is 0.638. The normalized spacial score (nSPS) is 16.1. The number of hydrogen-bond donors (Lipinski definition) is 2. The van der Waals surface area contributed by atoms with Crippen LogP contribution in [0.15, 0.2) is 24.3 Å². The van der Waals surface area contributed by atoms with Crippen molar-refractivity contribution in [2.75, 3.05) is 31.6 Å². The molecule has 0 aliphatic carbocycles. The number of anilines is 1. The number of amides is 3. The fourth-order valence-electron chi connectivity index (χ4n) is 3.09. The average molecular weight is 421 g/mol. The van der Waals surface area contributed by atoms with Crippen LogP contribution in [0.3, 0.4) is 0 Å². The smallest absolute Gasteiger partial charge is 0.317 e. The number of aromatic nitrogens is 2. The molecule has 0 saturated carbocycles. The molecule has 3 rings (SSSR count). The van der Waals surface area contributed by atoms with E-state index in [0.29, 0.717) is 37.0 Å². The number of ether oxygens (including phenoxy) is 1. The van der Waals surface area contributed by atoms with Crippen LogP contribution in [0.1, 0.15) is 47.0 Å². The van der Waals surface area contributed by atoms with Gasteiger partial charge in [0.05, 0.1) is 6.04 Å². The Morgan fingerprint density at radius 2 is 2.24 bits per heavy atom. The first-order chi connectivity index (χ1) is 14.1. The van der Waals surface area contributed by atoms with E-state index in [0.717, 1.165) is 30.6 Å². The van der Waals surface area contributed by atoms with E-state index in [4.69, 9.17) is 4.74 Å². The average Bonchev–Trinajstić information content (AvgIpc) is 3.37. The molecule has 0 unspecified atom stereocenters. The van der Waals surface area contributed by atoms with Gasteiger partial charge in [-0.25, -0.2) is 9.18 Å². The molecule has 1 aliphatic heterocycles. The van der Waals surface area contributed by atoms with Crippen LogP contribution in [0.5, 0.6) is 0 Å². The maximum atomic E-state index is 13.3. The molecule has 0 radical (unpaired) electrons. The van der Waals surface area contributed by atoms with Gasteiger partial charge < -0.3 is 20.3 Å². The first-order valence-corrected chi connectivity index (χ1v) is 10.4. The van der Waals surface area contributed by atoms with Gasteiger partial charge in [-0.1, -0.05) is 17.4 Å². The molecule has 0 bridgehead atoms. The minimum absolute atomic E-state index is 0.148. The van der Waals surface area contributed by atoms with Crippen LogP contribution in [-0.4, -0.2) is 53.3 Å². The molecule has 1 fully saturated rings. The fraction of sp³-hybridized carbons (Fsp3) is 0.474. The van der Waals surface area contributed by atoms with E-state index in [9.17, 15) is 14.0 Å². The number of likely N-dealkylation sites (tertiary alicyclic amines) is 1. The Balaban J connectivity index is 1.58. The van der Waals surface area contributed by atoms with Crippen LogP contribution >= 0.6 is 11.3 Å². The van der Waals surface area contributed by atoms with Gasteiger partial charge in [-0.3, -0.25) is 4.79 Å². The number of carbonyl (C=O) groups is 2. The van der Waals surface area contributed by atoms with Crippen LogP contribution in [0.4, 0.5) is 14.9 Å². The van der Waals surface area contributed by atoms with Gasteiger partial charge in [0.15, 0.2) is 0 Å². The first-order valence-electron chi connectivity index (χ1n) is 9.61. The fourth-order valence-corrected chi connectivity index (χ4v) is 3.98. The Bertz CT molecular complexity index is 847. The van der Waals surface area contributed by atoms with Gasteiger partial charge in [-0.05, 0) is 44.4 Å². The largest absolute Gasteiger partial charge is 0.382 e. The second-order valence-electron chi connectivity index (χ2n) is 6.54. The molecule has 8 nitrogen and oxygen atoms in total. The van der Waals surface area contributed by atoms with Gasteiger partial charge in [-0.15, -0.1) is 10.2 Å². The molecule has 0 spiro atoms. The number of nitrogens with one attached hydrogen (secondary N) is 2. The lowest BCUT2D eigenvalue weighted by Crippen LogP contribution is -2.40. The maximum Gasteiger partial charge on any atom is 0.317 e. The molecule has 156 valence electrons. The third kappa shape index (κ3) is 5.70. The summed E-state index contributed by atoms with van der Waals surface area (Å²) in [6.45, 7) is 4.38. The second kappa shape index (κ2) is 10.3. The van der Waals surface area contributed by atoms with Gasteiger partial charge in [-0.2, -0.15) is 0 Å². The summed E-state index contributed by atoms with van der Waals surface area (Å²) in [5, 5.41) is 14.4. The predicted molar refractivity (Wildman–Crippen MR) is 107 cm³/mol. The standard InChI is InChI=1S/C19H24FN5O3S/c1-2-28-11-5-9-21-19(27)25-10-4-8-15(25)17-23-24-18(29-17)16(26)22-14-7-3-6-13(20)12-14/h3,6-7,12,15H,2,4-5,8-11H2,1H3,(H,21,27)(H,22,26)/t15-/m0/s1. The molecule has 3 amide bonds. The minimum atomic E-state index is -0.454. The van der Waals surface area contributed by atoms with Crippen molar-refractivity contribution in [3.05, 3.63) is 40.1 Å². The van der Waals surface area contributed by atoms with Crippen molar-refractivity contribution in [1.29, 1.82) is 0 Å². The molecule has 1 saturated heterocycles. The van der Waals surface area contributed by atoms with Gasteiger partial charge in [0, 0.05) is 32.0 Å². The molecule has 1 aromatic carbocycles. The highest BCUT2D eigenvalue weighted by atomic mass is 32.1. The lowest BCUT2D eigenvalue weighted by atomic mass is 10.2. The summed E-state index contributed by atoms with van der Waals surface area (Å²) in [5.41, 5.74) is 0.348. The third-order valence-corrected chi connectivity index (χ3v) is 5.49. The van der Waals surface area contributed by atoms with E-state index < -0.39 is 11.7 Å².